The van der Waals surface area contributed by atoms with Gasteiger partial charge in [-0.1, -0.05) is 6.07 Å². The standard InChI is InChI=1S/C13H19N3O2/c1-14-9-12-10-16(5-6-18-12)13(17)7-11-3-2-4-15-8-11/h2-4,8,12,14H,5-7,9-10H2,1H3. The van der Waals surface area contributed by atoms with Crippen LogP contribution in [0.3, 0.4) is 0 Å². The molecule has 1 aromatic heterocycles. The number of hydrogen-bond donors (Lipinski definition) is 1. The lowest BCUT2D eigenvalue weighted by Gasteiger charge is -2.33. The molecule has 1 fully saturated rings. The Morgan fingerprint density at radius 2 is 2.56 bits per heavy atom. The van der Waals surface area contributed by atoms with E-state index in [0.717, 1.165) is 12.1 Å². The summed E-state index contributed by atoms with van der Waals surface area (Å²) in [5, 5.41) is 3.07. The van der Waals surface area contributed by atoms with E-state index in [0.29, 0.717) is 26.1 Å². The number of carbonyl (C=O) groups excluding carboxylic acids is 1. The van der Waals surface area contributed by atoms with Crippen molar-refractivity contribution < 1.29 is 9.53 Å². The van der Waals surface area contributed by atoms with E-state index in [9.17, 15) is 4.79 Å². The van der Waals surface area contributed by atoms with E-state index < -0.39 is 0 Å². The van der Waals surface area contributed by atoms with Gasteiger partial charge in [0.25, 0.3) is 0 Å². The molecule has 1 N–H and O–H groups in total. The maximum atomic E-state index is 12.1. The van der Waals surface area contributed by atoms with Gasteiger partial charge in [-0.2, -0.15) is 0 Å². The van der Waals surface area contributed by atoms with Crippen LogP contribution in [0.25, 0.3) is 0 Å². The van der Waals surface area contributed by atoms with Crippen LogP contribution >= 0.6 is 0 Å². The van der Waals surface area contributed by atoms with E-state index in [1.807, 2.05) is 24.1 Å². The number of nitrogens with zero attached hydrogens (tertiary/aromatic N) is 2. The number of likely N-dealkylation sites (N-methyl/N-ethyl adjacent to an activating group) is 1. The number of nitrogens with one attached hydrogen (secondary N) is 1. The molecular formula is C13H19N3O2. The Morgan fingerprint density at radius 3 is 3.28 bits per heavy atom. The Kier molecular flexibility index (Phi) is 4.66. The Bertz CT molecular complexity index is 381. The lowest BCUT2D eigenvalue weighted by atomic mass is 10.1. The molecule has 0 aromatic carbocycles. The first-order valence-electron chi connectivity index (χ1n) is 6.22. The Morgan fingerprint density at radius 1 is 1.67 bits per heavy atom. The van der Waals surface area contributed by atoms with E-state index in [-0.39, 0.29) is 12.0 Å². The first kappa shape index (κ1) is 13.0. The molecule has 0 saturated carbocycles. The number of amides is 1. The molecule has 1 atom stereocenters. The van der Waals surface area contributed by atoms with E-state index in [1.54, 1.807) is 12.4 Å². The fraction of sp³-hybridized carbons (Fsp3) is 0.538. The molecule has 0 radical (unpaired) electrons. The number of ether oxygens (including phenoxy) is 1. The van der Waals surface area contributed by atoms with Gasteiger partial charge in [0.15, 0.2) is 0 Å². The van der Waals surface area contributed by atoms with E-state index in [2.05, 4.69) is 10.3 Å². The summed E-state index contributed by atoms with van der Waals surface area (Å²) in [5.74, 6) is 0.146. The molecule has 0 bridgehead atoms. The van der Waals surface area contributed by atoms with E-state index >= 15 is 0 Å². The van der Waals surface area contributed by atoms with Gasteiger partial charge in [-0.3, -0.25) is 9.78 Å². The fourth-order valence-corrected chi connectivity index (χ4v) is 2.09. The molecule has 1 unspecified atom stereocenters. The lowest BCUT2D eigenvalue weighted by Crippen LogP contribution is -2.49. The van der Waals surface area contributed by atoms with Crippen molar-refractivity contribution in [2.24, 2.45) is 0 Å². The van der Waals surface area contributed by atoms with Gasteiger partial charge >= 0.3 is 0 Å². The van der Waals surface area contributed by atoms with Crippen molar-refractivity contribution in [1.29, 1.82) is 0 Å². The minimum atomic E-state index is 0.0987. The van der Waals surface area contributed by atoms with Crippen LogP contribution in [0.15, 0.2) is 24.5 Å². The second-order valence-corrected chi connectivity index (χ2v) is 4.43. The van der Waals surface area contributed by atoms with Crippen LogP contribution in [0.5, 0.6) is 0 Å². The summed E-state index contributed by atoms with van der Waals surface area (Å²) in [5.41, 5.74) is 0.958. The molecular weight excluding hydrogens is 230 g/mol. The summed E-state index contributed by atoms with van der Waals surface area (Å²) >= 11 is 0. The zero-order valence-corrected chi connectivity index (χ0v) is 10.6. The molecule has 0 spiro atoms. The van der Waals surface area contributed by atoms with E-state index in [1.165, 1.54) is 0 Å². The molecule has 98 valence electrons. The van der Waals surface area contributed by atoms with Crippen molar-refractivity contribution >= 4 is 5.91 Å². The number of hydrogen-bond acceptors (Lipinski definition) is 4. The van der Waals surface area contributed by atoms with Crippen molar-refractivity contribution in [3.63, 3.8) is 0 Å². The van der Waals surface area contributed by atoms with Crippen molar-refractivity contribution in [3.8, 4) is 0 Å². The quantitative estimate of drug-likeness (QED) is 0.820. The average Bonchev–Trinajstić information content (AvgIpc) is 2.40. The third-order valence-corrected chi connectivity index (χ3v) is 3.00. The number of morpholine rings is 1. The maximum Gasteiger partial charge on any atom is 0.227 e. The average molecular weight is 249 g/mol. The maximum absolute atomic E-state index is 12.1. The third-order valence-electron chi connectivity index (χ3n) is 3.00. The lowest BCUT2D eigenvalue weighted by molar-refractivity contribution is -0.137. The third kappa shape index (κ3) is 3.51. The molecule has 2 heterocycles. The molecule has 1 aliphatic rings. The molecule has 5 nitrogen and oxygen atoms in total. The summed E-state index contributed by atoms with van der Waals surface area (Å²) in [6.07, 6.45) is 3.97. The van der Waals surface area contributed by atoms with Gasteiger partial charge in [0.2, 0.25) is 5.91 Å². The molecule has 1 saturated heterocycles. The predicted molar refractivity (Wildman–Crippen MR) is 68.2 cm³/mol. The van der Waals surface area contributed by atoms with Crippen LogP contribution in [0, 0.1) is 0 Å². The Labute approximate surface area is 107 Å². The first-order chi connectivity index (χ1) is 8.79. The summed E-state index contributed by atoms with van der Waals surface area (Å²) in [7, 11) is 1.89. The van der Waals surface area contributed by atoms with E-state index in [4.69, 9.17) is 4.74 Å². The SMILES string of the molecule is CNCC1CN(C(=O)Cc2cccnc2)CCO1. The van der Waals surface area contributed by atoms with Gasteiger partial charge < -0.3 is 15.0 Å². The normalized spacial score (nSPS) is 19.8. The van der Waals surface area contributed by atoms with Gasteiger partial charge in [0.05, 0.1) is 19.1 Å². The molecule has 1 aliphatic heterocycles. The Hall–Kier alpha value is -1.46. The van der Waals surface area contributed by atoms with Gasteiger partial charge in [0.1, 0.15) is 0 Å². The highest BCUT2D eigenvalue weighted by atomic mass is 16.5. The predicted octanol–water partition coefficient (Wildman–Crippen LogP) is 0.0709. The Balaban J connectivity index is 1.88. The van der Waals surface area contributed by atoms with Crippen molar-refractivity contribution in [3.05, 3.63) is 30.1 Å². The van der Waals surface area contributed by atoms with Crippen molar-refractivity contribution in [1.82, 2.24) is 15.2 Å². The second-order valence-electron chi connectivity index (χ2n) is 4.43. The number of pyridine rings is 1. The summed E-state index contributed by atoms with van der Waals surface area (Å²) in [6, 6.07) is 3.78. The smallest absolute Gasteiger partial charge is 0.227 e. The monoisotopic (exact) mass is 249 g/mol. The minimum Gasteiger partial charge on any atom is -0.373 e. The van der Waals surface area contributed by atoms with Crippen molar-refractivity contribution in [2.45, 2.75) is 12.5 Å². The van der Waals surface area contributed by atoms with Gasteiger partial charge in [-0.15, -0.1) is 0 Å². The first-order valence-corrected chi connectivity index (χ1v) is 6.22. The summed E-state index contributed by atoms with van der Waals surface area (Å²) in [6.45, 7) is 2.74. The van der Waals surface area contributed by atoms with Gasteiger partial charge in [-0.05, 0) is 18.7 Å². The molecule has 5 heteroatoms. The van der Waals surface area contributed by atoms with Crippen LogP contribution in [-0.2, 0) is 16.0 Å². The molecule has 0 aliphatic carbocycles. The zero-order valence-electron chi connectivity index (χ0n) is 10.6. The van der Waals surface area contributed by atoms with Crippen LogP contribution in [-0.4, -0.2) is 55.2 Å². The van der Waals surface area contributed by atoms with Crippen molar-refractivity contribution in [2.75, 3.05) is 33.3 Å². The van der Waals surface area contributed by atoms with Gasteiger partial charge in [-0.25, -0.2) is 0 Å². The largest absolute Gasteiger partial charge is 0.373 e. The highest BCUT2D eigenvalue weighted by molar-refractivity contribution is 5.78. The summed E-state index contributed by atoms with van der Waals surface area (Å²) < 4.78 is 5.58. The zero-order chi connectivity index (χ0) is 12.8. The fourth-order valence-electron chi connectivity index (χ4n) is 2.09. The van der Waals surface area contributed by atoms with Crippen LogP contribution in [0.4, 0.5) is 0 Å². The minimum absolute atomic E-state index is 0.0987. The number of rotatable bonds is 4. The number of carbonyl (C=O) groups is 1. The topological polar surface area (TPSA) is 54.5 Å². The molecule has 2 rings (SSSR count). The molecule has 1 amide bonds. The summed E-state index contributed by atoms with van der Waals surface area (Å²) in [4.78, 5) is 18.0. The second kappa shape index (κ2) is 6.47. The van der Waals surface area contributed by atoms with Crippen LogP contribution in [0.1, 0.15) is 5.56 Å². The van der Waals surface area contributed by atoms with Crippen LogP contribution < -0.4 is 5.32 Å². The highest BCUT2D eigenvalue weighted by Gasteiger charge is 2.23. The van der Waals surface area contributed by atoms with Crippen LogP contribution in [0.2, 0.25) is 0 Å². The highest BCUT2D eigenvalue weighted by Crippen LogP contribution is 2.08. The number of aromatic nitrogens is 1. The molecule has 18 heavy (non-hydrogen) atoms. The molecule has 1 aromatic rings. The van der Waals surface area contributed by atoms with Gasteiger partial charge in [0, 0.05) is 32.0 Å².